The van der Waals surface area contributed by atoms with Gasteiger partial charge in [0.05, 0.1) is 25.4 Å². The fraction of sp³-hybridized carbons (Fsp3) is 0.931. The van der Waals surface area contributed by atoms with Crippen LogP contribution < -0.4 is 5.32 Å². The van der Waals surface area contributed by atoms with E-state index in [2.05, 4.69) is 43.5 Å². The number of aliphatic hydroxyl groups excluding tert-OH is 2. The van der Waals surface area contributed by atoms with Crippen LogP contribution in [-0.4, -0.2) is 47.4 Å². The van der Waals surface area contributed by atoms with Gasteiger partial charge in [0.15, 0.2) is 0 Å². The molecule has 1 amide bonds. The summed E-state index contributed by atoms with van der Waals surface area (Å²) in [5, 5.41) is 23.5. The van der Waals surface area contributed by atoms with Crippen LogP contribution in [-0.2, 0) is 14.3 Å². The van der Waals surface area contributed by atoms with Gasteiger partial charge in [0, 0.05) is 12.8 Å². The highest BCUT2D eigenvalue weighted by Gasteiger charge is 2.20. The fourth-order valence-electron chi connectivity index (χ4n) is 14.0. The van der Waals surface area contributed by atoms with Crippen LogP contribution in [0.2, 0.25) is 0 Å². The summed E-state index contributed by atoms with van der Waals surface area (Å²) in [6, 6.07) is -0.538. The lowest BCUT2D eigenvalue weighted by atomic mass is 10.0. The number of unbranched alkanes of at least 4 members (excludes halogenated alkanes) is 67. The molecule has 0 aromatic carbocycles. The average molecular weight is 1310 g/mol. The number of allylic oxidation sites excluding steroid dienone is 4. The Hall–Kier alpha value is -1.66. The van der Waals surface area contributed by atoms with Crippen LogP contribution in [0, 0.1) is 0 Å². The predicted molar refractivity (Wildman–Crippen MR) is 412 cm³/mol. The van der Waals surface area contributed by atoms with E-state index in [0.717, 1.165) is 51.4 Å². The first-order valence-electron chi connectivity index (χ1n) is 43.1. The van der Waals surface area contributed by atoms with Crippen LogP contribution in [0.3, 0.4) is 0 Å². The maximum atomic E-state index is 12.6. The molecule has 2 atom stereocenters. The number of esters is 1. The van der Waals surface area contributed by atoms with E-state index in [0.29, 0.717) is 25.9 Å². The molecule has 552 valence electrons. The van der Waals surface area contributed by atoms with Crippen LogP contribution in [0.5, 0.6) is 0 Å². The molecule has 0 heterocycles. The zero-order valence-electron chi connectivity index (χ0n) is 63.5. The lowest BCUT2D eigenvalue weighted by Crippen LogP contribution is -2.45. The number of hydrogen-bond donors (Lipinski definition) is 3. The molecule has 93 heavy (non-hydrogen) atoms. The summed E-state index contributed by atoms with van der Waals surface area (Å²) in [7, 11) is 0. The summed E-state index contributed by atoms with van der Waals surface area (Å²) in [5.74, 6) is -0.00704. The zero-order chi connectivity index (χ0) is 67.0. The molecule has 0 aromatic heterocycles. The van der Waals surface area contributed by atoms with Crippen molar-refractivity contribution in [3.05, 3.63) is 24.3 Å². The quantitative estimate of drug-likeness (QED) is 0.0320. The average Bonchev–Trinajstić information content (AvgIpc) is 3.72. The minimum Gasteiger partial charge on any atom is -0.466 e. The Morgan fingerprint density at radius 2 is 0.538 bits per heavy atom. The number of hydrogen-bond acceptors (Lipinski definition) is 5. The van der Waals surface area contributed by atoms with Crippen LogP contribution in [0.25, 0.3) is 0 Å². The molecule has 0 spiro atoms. The summed E-state index contributed by atoms with van der Waals surface area (Å²) < 4.78 is 5.51. The summed E-state index contributed by atoms with van der Waals surface area (Å²) in [6.07, 6.45) is 107. The van der Waals surface area contributed by atoms with Gasteiger partial charge in [-0.2, -0.15) is 0 Å². The minimum atomic E-state index is -0.662. The zero-order valence-corrected chi connectivity index (χ0v) is 63.5. The molecule has 0 saturated carbocycles. The molecular formula is C87H169NO5. The second kappa shape index (κ2) is 82.8. The van der Waals surface area contributed by atoms with Crippen molar-refractivity contribution in [2.24, 2.45) is 0 Å². The van der Waals surface area contributed by atoms with Crippen molar-refractivity contribution in [1.29, 1.82) is 0 Å². The van der Waals surface area contributed by atoms with Crippen molar-refractivity contribution in [3.8, 4) is 0 Å². The standard InChI is InChI=1S/C87H169NO5/c1-3-5-7-9-11-13-15-17-19-21-23-24-38-41-44-47-51-55-59-63-67-71-75-79-85(90)84(83-89)88-86(91)80-76-72-68-64-60-56-52-48-45-42-39-36-34-32-30-28-26-25-27-29-31-33-35-37-40-43-46-50-54-58-62-66-70-74-78-82-93-87(92)81-77-73-69-65-61-57-53-49-22-20-18-16-14-12-10-8-6-4-2/h14,16,20,22,84-85,89-90H,3-13,15,17-19,21,23-83H2,1-2H3,(H,88,91)/b16-14-,22-20-. The van der Waals surface area contributed by atoms with Gasteiger partial charge in [-0.05, 0) is 57.8 Å². The van der Waals surface area contributed by atoms with Crippen molar-refractivity contribution in [2.75, 3.05) is 13.2 Å². The molecule has 0 bridgehead atoms. The number of aliphatic hydroxyl groups is 2. The predicted octanol–water partition coefficient (Wildman–Crippen LogP) is 28.8. The molecule has 6 heteroatoms. The van der Waals surface area contributed by atoms with E-state index in [-0.39, 0.29) is 18.5 Å². The number of carbonyl (C=O) groups excluding carboxylic acids is 2. The second-order valence-electron chi connectivity index (χ2n) is 29.9. The molecule has 0 saturated heterocycles. The SMILES string of the molecule is CCCCCC/C=C\C/C=C\CCCCCCCCCC(=O)OCCCCCCCCCCCCCCCCCCCCCCCCCCCCCCCCCCCCCC(=O)NC(CO)C(O)CCCCCCCCCCCCCCCCCCCCCCCCC. The molecule has 0 aromatic rings. The van der Waals surface area contributed by atoms with Crippen LogP contribution in [0.15, 0.2) is 24.3 Å². The van der Waals surface area contributed by atoms with Gasteiger partial charge in [-0.15, -0.1) is 0 Å². The highest BCUT2D eigenvalue weighted by atomic mass is 16.5. The molecule has 3 N–H and O–H groups in total. The van der Waals surface area contributed by atoms with E-state index in [1.165, 1.54) is 411 Å². The second-order valence-corrected chi connectivity index (χ2v) is 29.9. The van der Waals surface area contributed by atoms with Crippen molar-refractivity contribution in [1.82, 2.24) is 5.32 Å². The Balaban J connectivity index is 3.31. The number of rotatable bonds is 82. The lowest BCUT2D eigenvalue weighted by molar-refractivity contribution is -0.143. The molecule has 0 rings (SSSR count). The van der Waals surface area contributed by atoms with E-state index < -0.39 is 12.1 Å². The smallest absolute Gasteiger partial charge is 0.305 e. The topological polar surface area (TPSA) is 95.9 Å². The first kappa shape index (κ1) is 91.3. The van der Waals surface area contributed by atoms with E-state index >= 15 is 0 Å². The number of nitrogens with one attached hydrogen (secondary N) is 1. The molecule has 0 aliphatic heterocycles. The number of ether oxygens (including phenoxy) is 1. The highest BCUT2D eigenvalue weighted by molar-refractivity contribution is 5.76. The molecule has 0 aliphatic rings. The third-order valence-corrected chi connectivity index (χ3v) is 20.5. The molecule has 0 radical (unpaired) electrons. The van der Waals surface area contributed by atoms with E-state index in [1.807, 2.05) is 0 Å². The van der Waals surface area contributed by atoms with Crippen molar-refractivity contribution in [2.45, 2.75) is 508 Å². The number of amides is 1. The monoisotopic (exact) mass is 1310 g/mol. The maximum Gasteiger partial charge on any atom is 0.305 e. The molecular weight excluding hydrogens is 1140 g/mol. The third kappa shape index (κ3) is 79.2. The first-order chi connectivity index (χ1) is 46.0. The van der Waals surface area contributed by atoms with Crippen molar-refractivity contribution < 1.29 is 24.5 Å². The lowest BCUT2D eigenvalue weighted by Gasteiger charge is -2.22. The van der Waals surface area contributed by atoms with Crippen molar-refractivity contribution >= 4 is 11.9 Å². The fourth-order valence-corrected chi connectivity index (χ4v) is 14.0. The van der Waals surface area contributed by atoms with Crippen molar-refractivity contribution in [3.63, 3.8) is 0 Å². The Bertz CT molecular complexity index is 1460. The van der Waals surface area contributed by atoms with Gasteiger partial charge in [0.2, 0.25) is 5.91 Å². The number of carbonyl (C=O) groups is 2. The molecule has 6 nitrogen and oxygen atoms in total. The summed E-state index contributed by atoms with van der Waals surface area (Å²) in [5.41, 5.74) is 0. The highest BCUT2D eigenvalue weighted by Crippen LogP contribution is 2.21. The largest absolute Gasteiger partial charge is 0.466 e. The Morgan fingerprint density at radius 3 is 0.828 bits per heavy atom. The van der Waals surface area contributed by atoms with E-state index in [1.54, 1.807) is 0 Å². The summed E-state index contributed by atoms with van der Waals surface area (Å²) in [6.45, 7) is 5.00. The first-order valence-corrected chi connectivity index (χ1v) is 43.1. The van der Waals surface area contributed by atoms with E-state index in [9.17, 15) is 19.8 Å². The Labute approximate surface area is 583 Å². The third-order valence-electron chi connectivity index (χ3n) is 20.5. The van der Waals surface area contributed by atoms with Gasteiger partial charge in [-0.3, -0.25) is 9.59 Å². The van der Waals surface area contributed by atoms with Gasteiger partial charge in [0.25, 0.3) is 0 Å². The van der Waals surface area contributed by atoms with Gasteiger partial charge in [-0.25, -0.2) is 0 Å². The minimum absolute atomic E-state index is 0.0164. The Morgan fingerprint density at radius 1 is 0.301 bits per heavy atom. The Kier molecular flexibility index (Phi) is 81.3. The van der Waals surface area contributed by atoms with Crippen LogP contribution >= 0.6 is 0 Å². The van der Waals surface area contributed by atoms with Gasteiger partial charge >= 0.3 is 5.97 Å². The van der Waals surface area contributed by atoms with Gasteiger partial charge < -0.3 is 20.3 Å². The normalized spacial score (nSPS) is 12.5. The van der Waals surface area contributed by atoms with Crippen LogP contribution in [0.4, 0.5) is 0 Å². The van der Waals surface area contributed by atoms with Crippen LogP contribution in [0.1, 0.15) is 495 Å². The molecule has 0 aliphatic carbocycles. The van der Waals surface area contributed by atoms with Gasteiger partial charge in [-0.1, -0.05) is 449 Å². The molecule has 0 fully saturated rings. The maximum absolute atomic E-state index is 12.6. The summed E-state index contributed by atoms with van der Waals surface area (Å²) >= 11 is 0. The van der Waals surface area contributed by atoms with E-state index in [4.69, 9.17) is 4.74 Å². The molecule has 2 unspecified atom stereocenters. The van der Waals surface area contributed by atoms with Gasteiger partial charge in [0.1, 0.15) is 0 Å². The summed E-state index contributed by atoms with van der Waals surface area (Å²) in [4.78, 5) is 24.7.